The van der Waals surface area contributed by atoms with Crippen LogP contribution in [0.1, 0.15) is 26.2 Å². The second-order valence-electron chi connectivity index (χ2n) is 5.00. The van der Waals surface area contributed by atoms with Crippen molar-refractivity contribution in [2.75, 3.05) is 16.6 Å². The van der Waals surface area contributed by atoms with E-state index < -0.39 is 15.8 Å². The molecule has 0 saturated carbocycles. The number of aromatic nitrogens is 2. The highest BCUT2D eigenvalue weighted by Gasteiger charge is 2.15. The maximum absolute atomic E-state index is 12.9. The quantitative estimate of drug-likeness (QED) is 0.723. The molecule has 0 spiro atoms. The molecule has 2 rings (SSSR count). The van der Waals surface area contributed by atoms with Gasteiger partial charge in [0, 0.05) is 6.54 Å². The van der Waals surface area contributed by atoms with E-state index in [0.717, 1.165) is 37.9 Å². The lowest BCUT2D eigenvalue weighted by Crippen LogP contribution is -2.14. The summed E-state index contributed by atoms with van der Waals surface area (Å²) >= 11 is 0. The molecule has 0 atom stereocenters. The maximum Gasteiger partial charge on any atom is 0.263 e. The Balaban J connectivity index is 1.98. The lowest BCUT2D eigenvalue weighted by Gasteiger charge is -2.08. The lowest BCUT2D eigenvalue weighted by atomic mass is 10.2. The first-order valence-electron chi connectivity index (χ1n) is 7.37. The first-order valence-corrected chi connectivity index (χ1v) is 8.85. The highest BCUT2D eigenvalue weighted by Crippen LogP contribution is 2.15. The standard InChI is InChI=1S/C15H19FN4O2S/c1-2-3-4-11-17-14-9-10-15(19-18-14)20-23(21,22)13-7-5-12(16)6-8-13/h5-10H,2-4,11H2,1H3,(H,17,18)(H,19,20). The Kier molecular flexibility index (Phi) is 5.86. The van der Waals surface area contributed by atoms with Gasteiger partial charge in [0.05, 0.1) is 4.90 Å². The van der Waals surface area contributed by atoms with E-state index in [0.29, 0.717) is 5.82 Å². The maximum atomic E-state index is 12.9. The van der Waals surface area contributed by atoms with Crippen molar-refractivity contribution in [2.24, 2.45) is 0 Å². The average molecular weight is 338 g/mol. The van der Waals surface area contributed by atoms with Crippen molar-refractivity contribution in [1.29, 1.82) is 0 Å². The van der Waals surface area contributed by atoms with Crippen LogP contribution in [0.4, 0.5) is 16.0 Å². The van der Waals surface area contributed by atoms with Gasteiger partial charge in [0.25, 0.3) is 10.0 Å². The molecule has 1 heterocycles. The SMILES string of the molecule is CCCCCNc1ccc(NS(=O)(=O)c2ccc(F)cc2)nn1. The number of unbranched alkanes of at least 4 members (excludes halogenated alkanes) is 2. The molecule has 6 nitrogen and oxygen atoms in total. The van der Waals surface area contributed by atoms with E-state index in [2.05, 4.69) is 27.2 Å². The molecule has 124 valence electrons. The van der Waals surface area contributed by atoms with Crippen molar-refractivity contribution in [3.8, 4) is 0 Å². The summed E-state index contributed by atoms with van der Waals surface area (Å²) in [5, 5.41) is 10.9. The van der Waals surface area contributed by atoms with E-state index in [1.807, 2.05) is 0 Å². The molecular formula is C15H19FN4O2S. The zero-order valence-corrected chi connectivity index (χ0v) is 13.6. The smallest absolute Gasteiger partial charge is 0.263 e. The minimum atomic E-state index is -3.81. The van der Waals surface area contributed by atoms with E-state index >= 15 is 0 Å². The summed E-state index contributed by atoms with van der Waals surface area (Å²) in [6.45, 7) is 2.92. The molecule has 0 unspecified atom stereocenters. The van der Waals surface area contributed by atoms with Crippen LogP contribution in [0.2, 0.25) is 0 Å². The topological polar surface area (TPSA) is 84.0 Å². The predicted octanol–water partition coefficient (Wildman–Crippen LogP) is 3.02. The number of halogens is 1. The Hall–Kier alpha value is -2.22. The summed E-state index contributed by atoms with van der Waals surface area (Å²) in [5.74, 6) is 0.196. The third-order valence-electron chi connectivity index (χ3n) is 3.11. The van der Waals surface area contributed by atoms with Crippen molar-refractivity contribution in [3.63, 3.8) is 0 Å². The molecule has 23 heavy (non-hydrogen) atoms. The molecule has 0 fully saturated rings. The number of anilines is 2. The Morgan fingerprint density at radius 2 is 1.65 bits per heavy atom. The summed E-state index contributed by atoms with van der Waals surface area (Å²) < 4.78 is 39.4. The average Bonchev–Trinajstić information content (AvgIpc) is 2.53. The van der Waals surface area contributed by atoms with E-state index in [4.69, 9.17) is 0 Å². The van der Waals surface area contributed by atoms with E-state index in [1.54, 1.807) is 6.07 Å². The van der Waals surface area contributed by atoms with Gasteiger partial charge in [0.2, 0.25) is 0 Å². The second-order valence-corrected chi connectivity index (χ2v) is 6.68. The minimum Gasteiger partial charge on any atom is -0.369 e. The summed E-state index contributed by atoms with van der Waals surface area (Å²) in [4.78, 5) is -0.0394. The predicted molar refractivity (Wildman–Crippen MR) is 87.3 cm³/mol. The Morgan fingerprint density at radius 1 is 1.00 bits per heavy atom. The third-order valence-corrected chi connectivity index (χ3v) is 4.48. The molecule has 0 saturated heterocycles. The zero-order chi connectivity index (χ0) is 16.7. The molecule has 2 aromatic rings. The molecule has 8 heteroatoms. The normalized spacial score (nSPS) is 11.2. The van der Waals surface area contributed by atoms with Gasteiger partial charge in [-0.15, -0.1) is 10.2 Å². The van der Waals surface area contributed by atoms with Crippen molar-refractivity contribution in [3.05, 3.63) is 42.2 Å². The van der Waals surface area contributed by atoms with E-state index in [-0.39, 0.29) is 10.7 Å². The van der Waals surface area contributed by atoms with Crippen LogP contribution in [-0.4, -0.2) is 25.2 Å². The first-order chi connectivity index (χ1) is 11.0. The molecular weight excluding hydrogens is 319 g/mol. The first kappa shape index (κ1) is 17.1. The van der Waals surface area contributed by atoms with Gasteiger partial charge in [-0.3, -0.25) is 4.72 Å². The van der Waals surface area contributed by atoms with Crippen molar-refractivity contribution < 1.29 is 12.8 Å². The minimum absolute atomic E-state index is 0.0394. The van der Waals surface area contributed by atoms with Gasteiger partial charge in [-0.05, 0) is 42.8 Å². The number of hydrogen-bond acceptors (Lipinski definition) is 5. The van der Waals surface area contributed by atoms with Crippen LogP contribution in [0.5, 0.6) is 0 Å². The molecule has 1 aromatic carbocycles. The molecule has 0 aliphatic heterocycles. The number of nitrogens with zero attached hydrogens (tertiary/aromatic N) is 2. The molecule has 0 aliphatic rings. The molecule has 2 N–H and O–H groups in total. The zero-order valence-electron chi connectivity index (χ0n) is 12.8. The van der Waals surface area contributed by atoms with Gasteiger partial charge in [0.1, 0.15) is 11.6 Å². The Bertz CT molecular complexity index is 718. The van der Waals surface area contributed by atoms with Crippen molar-refractivity contribution in [1.82, 2.24) is 10.2 Å². The number of benzene rings is 1. The Labute approximate surface area is 135 Å². The van der Waals surface area contributed by atoms with Gasteiger partial charge in [-0.2, -0.15) is 0 Å². The number of nitrogens with one attached hydrogen (secondary N) is 2. The van der Waals surface area contributed by atoms with Crippen LogP contribution in [-0.2, 0) is 10.0 Å². The highest BCUT2D eigenvalue weighted by atomic mass is 32.2. The van der Waals surface area contributed by atoms with Crippen LogP contribution >= 0.6 is 0 Å². The summed E-state index contributed by atoms with van der Waals surface area (Å²) in [5.41, 5.74) is 0. The van der Waals surface area contributed by atoms with Gasteiger partial charge in [0.15, 0.2) is 5.82 Å². The van der Waals surface area contributed by atoms with Crippen LogP contribution in [0.25, 0.3) is 0 Å². The van der Waals surface area contributed by atoms with Gasteiger partial charge < -0.3 is 5.32 Å². The number of hydrogen-bond donors (Lipinski definition) is 2. The van der Waals surface area contributed by atoms with Crippen LogP contribution in [0.3, 0.4) is 0 Å². The second kappa shape index (κ2) is 7.87. The van der Waals surface area contributed by atoms with Crippen LogP contribution in [0.15, 0.2) is 41.3 Å². The van der Waals surface area contributed by atoms with Gasteiger partial charge in [-0.25, -0.2) is 12.8 Å². The molecule has 0 aliphatic carbocycles. The van der Waals surface area contributed by atoms with Crippen LogP contribution < -0.4 is 10.0 Å². The van der Waals surface area contributed by atoms with Gasteiger partial charge in [-0.1, -0.05) is 19.8 Å². The van der Waals surface area contributed by atoms with Crippen molar-refractivity contribution >= 4 is 21.7 Å². The fourth-order valence-corrected chi connectivity index (χ4v) is 2.88. The van der Waals surface area contributed by atoms with E-state index in [9.17, 15) is 12.8 Å². The monoisotopic (exact) mass is 338 g/mol. The largest absolute Gasteiger partial charge is 0.369 e. The Morgan fingerprint density at radius 3 is 2.26 bits per heavy atom. The van der Waals surface area contributed by atoms with Crippen LogP contribution in [0, 0.1) is 5.82 Å². The number of rotatable bonds is 8. The molecule has 0 bridgehead atoms. The fraction of sp³-hybridized carbons (Fsp3) is 0.333. The van der Waals surface area contributed by atoms with Gasteiger partial charge >= 0.3 is 0 Å². The van der Waals surface area contributed by atoms with E-state index in [1.165, 1.54) is 18.2 Å². The lowest BCUT2D eigenvalue weighted by molar-refractivity contribution is 0.599. The summed E-state index contributed by atoms with van der Waals surface area (Å²) in [7, 11) is -3.81. The number of sulfonamides is 1. The fourth-order valence-electron chi connectivity index (χ4n) is 1.88. The summed E-state index contributed by atoms with van der Waals surface area (Å²) in [6, 6.07) is 7.73. The summed E-state index contributed by atoms with van der Waals surface area (Å²) in [6.07, 6.45) is 3.31. The third kappa shape index (κ3) is 5.17. The molecule has 0 radical (unpaired) electrons. The highest BCUT2D eigenvalue weighted by molar-refractivity contribution is 7.92. The van der Waals surface area contributed by atoms with Crippen molar-refractivity contribution in [2.45, 2.75) is 31.1 Å². The molecule has 1 aromatic heterocycles. The molecule has 0 amide bonds.